The highest BCUT2D eigenvalue weighted by molar-refractivity contribution is 5.79. The van der Waals surface area contributed by atoms with E-state index < -0.39 is 12.6 Å². The molecular formula is C12H23F3N4. The fourth-order valence-corrected chi connectivity index (χ4v) is 2.20. The van der Waals surface area contributed by atoms with Crippen LogP contribution < -0.4 is 16.6 Å². The van der Waals surface area contributed by atoms with Crippen LogP contribution >= 0.6 is 0 Å². The van der Waals surface area contributed by atoms with Gasteiger partial charge in [-0.25, -0.2) is 5.84 Å². The Bertz CT molecular complexity index is 273. The summed E-state index contributed by atoms with van der Waals surface area (Å²) in [6.07, 6.45) is 1.54. The zero-order valence-electron chi connectivity index (χ0n) is 11.1. The molecule has 0 saturated heterocycles. The van der Waals surface area contributed by atoms with Crippen LogP contribution in [0.15, 0.2) is 4.99 Å². The van der Waals surface area contributed by atoms with Gasteiger partial charge in [0, 0.05) is 19.0 Å². The molecule has 0 atom stereocenters. The standard InChI is InChI=1S/C12H23F3N4/c13-12(14,15)8-4-5-9-17-11(19-16)18-10-6-2-1-3-7-10/h10H,1-9,16H2,(H2,17,18,19). The van der Waals surface area contributed by atoms with Crippen LogP contribution in [0.2, 0.25) is 0 Å². The summed E-state index contributed by atoms with van der Waals surface area (Å²) in [4.78, 5) is 4.16. The molecule has 0 unspecified atom stereocenters. The molecule has 0 radical (unpaired) electrons. The van der Waals surface area contributed by atoms with Crippen molar-refractivity contribution >= 4 is 5.96 Å². The largest absolute Gasteiger partial charge is 0.389 e. The Balaban J connectivity index is 2.20. The summed E-state index contributed by atoms with van der Waals surface area (Å²) in [6.45, 7) is 0.356. The SMILES string of the molecule is NNC(=NCCCCC(F)(F)F)NC1CCCCC1. The Hall–Kier alpha value is -0.980. The first kappa shape index (κ1) is 16.1. The minimum absolute atomic E-state index is 0.105. The van der Waals surface area contributed by atoms with E-state index in [4.69, 9.17) is 5.84 Å². The Kier molecular flexibility index (Phi) is 6.97. The molecule has 1 rings (SSSR count). The van der Waals surface area contributed by atoms with Crippen molar-refractivity contribution in [1.82, 2.24) is 10.7 Å². The van der Waals surface area contributed by atoms with Crippen LogP contribution in [-0.2, 0) is 0 Å². The van der Waals surface area contributed by atoms with Crippen molar-refractivity contribution in [3.8, 4) is 0 Å². The average molecular weight is 280 g/mol. The van der Waals surface area contributed by atoms with E-state index in [1.54, 1.807) is 0 Å². The average Bonchev–Trinajstić information content (AvgIpc) is 2.37. The predicted octanol–water partition coefficient (Wildman–Crippen LogP) is 2.46. The third-order valence-corrected chi connectivity index (χ3v) is 3.22. The Labute approximate surface area is 112 Å². The maximum atomic E-state index is 11.9. The molecule has 1 aliphatic rings. The van der Waals surface area contributed by atoms with Gasteiger partial charge in [-0.3, -0.25) is 10.4 Å². The van der Waals surface area contributed by atoms with Crippen molar-refractivity contribution in [2.75, 3.05) is 6.54 Å². The van der Waals surface area contributed by atoms with E-state index in [1.165, 1.54) is 19.3 Å². The number of nitrogens with zero attached hydrogens (tertiary/aromatic N) is 1. The molecule has 0 aromatic carbocycles. The van der Waals surface area contributed by atoms with Gasteiger partial charge in [0.2, 0.25) is 5.96 Å². The molecule has 112 valence electrons. The third-order valence-electron chi connectivity index (χ3n) is 3.22. The van der Waals surface area contributed by atoms with Gasteiger partial charge in [-0.1, -0.05) is 19.3 Å². The molecule has 1 aliphatic carbocycles. The lowest BCUT2D eigenvalue weighted by atomic mass is 9.96. The first-order valence-corrected chi connectivity index (χ1v) is 6.85. The lowest BCUT2D eigenvalue weighted by Gasteiger charge is -2.24. The van der Waals surface area contributed by atoms with E-state index in [9.17, 15) is 13.2 Å². The minimum atomic E-state index is -4.07. The van der Waals surface area contributed by atoms with Gasteiger partial charge in [0.15, 0.2) is 0 Å². The van der Waals surface area contributed by atoms with Crippen LogP contribution in [0, 0.1) is 0 Å². The number of nitrogens with one attached hydrogen (secondary N) is 2. The highest BCUT2D eigenvalue weighted by Gasteiger charge is 2.25. The highest BCUT2D eigenvalue weighted by Crippen LogP contribution is 2.22. The van der Waals surface area contributed by atoms with Gasteiger partial charge >= 0.3 is 6.18 Å². The van der Waals surface area contributed by atoms with Crippen molar-refractivity contribution in [3.63, 3.8) is 0 Å². The molecule has 4 nitrogen and oxygen atoms in total. The van der Waals surface area contributed by atoms with Crippen molar-refractivity contribution in [2.45, 2.75) is 63.6 Å². The number of hydrogen-bond donors (Lipinski definition) is 3. The van der Waals surface area contributed by atoms with Crippen LogP contribution in [0.1, 0.15) is 51.4 Å². The number of hydrazine groups is 1. The summed E-state index contributed by atoms with van der Waals surface area (Å²) in [7, 11) is 0. The summed E-state index contributed by atoms with van der Waals surface area (Å²) < 4.78 is 35.8. The molecular weight excluding hydrogens is 257 g/mol. The number of unbranched alkanes of at least 4 members (excludes halogenated alkanes) is 1. The second-order valence-corrected chi connectivity index (χ2v) is 4.93. The first-order valence-electron chi connectivity index (χ1n) is 6.85. The van der Waals surface area contributed by atoms with Gasteiger partial charge < -0.3 is 5.32 Å². The third kappa shape index (κ3) is 7.92. The van der Waals surface area contributed by atoms with Crippen molar-refractivity contribution in [3.05, 3.63) is 0 Å². The van der Waals surface area contributed by atoms with Crippen LogP contribution in [0.3, 0.4) is 0 Å². The van der Waals surface area contributed by atoms with Crippen molar-refractivity contribution in [2.24, 2.45) is 10.8 Å². The van der Waals surface area contributed by atoms with Crippen LogP contribution in [0.25, 0.3) is 0 Å². The smallest absolute Gasteiger partial charge is 0.353 e. The van der Waals surface area contributed by atoms with E-state index in [1.807, 2.05) is 0 Å². The number of hydrogen-bond acceptors (Lipinski definition) is 2. The molecule has 1 saturated carbocycles. The Morgan fingerprint density at radius 2 is 1.84 bits per heavy atom. The molecule has 4 N–H and O–H groups in total. The number of rotatable bonds is 5. The maximum Gasteiger partial charge on any atom is 0.389 e. The second-order valence-electron chi connectivity index (χ2n) is 4.93. The molecule has 0 aromatic heterocycles. The predicted molar refractivity (Wildman–Crippen MR) is 69.5 cm³/mol. The number of aliphatic imine (C=N–C) groups is 1. The highest BCUT2D eigenvalue weighted by atomic mass is 19.4. The van der Waals surface area contributed by atoms with Gasteiger partial charge in [-0.15, -0.1) is 0 Å². The molecule has 0 spiro atoms. The lowest BCUT2D eigenvalue weighted by molar-refractivity contribution is -0.135. The number of nitrogens with two attached hydrogens (primary N) is 1. The fourth-order valence-electron chi connectivity index (χ4n) is 2.20. The zero-order valence-corrected chi connectivity index (χ0v) is 11.1. The van der Waals surface area contributed by atoms with Crippen LogP contribution in [0.5, 0.6) is 0 Å². The molecule has 0 aliphatic heterocycles. The Morgan fingerprint density at radius 3 is 2.42 bits per heavy atom. The lowest BCUT2D eigenvalue weighted by Crippen LogP contribution is -2.47. The van der Waals surface area contributed by atoms with E-state index in [0.717, 1.165) is 12.8 Å². The normalized spacial score (nSPS) is 18.4. The molecule has 1 fully saturated rings. The summed E-state index contributed by atoms with van der Waals surface area (Å²) in [5, 5.41) is 3.20. The number of guanidine groups is 1. The van der Waals surface area contributed by atoms with Crippen molar-refractivity contribution in [1.29, 1.82) is 0 Å². The monoisotopic (exact) mass is 280 g/mol. The molecule has 0 bridgehead atoms. The van der Waals surface area contributed by atoms with E-state index >= 15 is 0 Å². The van der Waals surface area contributed by atoms with Gasteiger partial charge in [-0.05, 0) is 25.7 Å². The molecule has 0 aromatic rings. The molecule has 0 amide bonds. The van der Waals surface area contributed by atoms with Gasteiger partial charge in [-0.2, -0.15) is 13.2 Å². The van der Waals surface area contributed by atoms with Gasteiger partial charge in [0.25, 0.3) is 0 Å². The van der Waals surface area contributed by atoms with E-state index in [-0.39, 0.29) is 6.42 Å². The quantitative estimate of drug-likeness (QED) is 0.238. The molecule has 0 heterocycles. The number of alkyl halides is 3. The van der Waals surface area contributed by atoms with Gasteiger partial charge in [0.05, 0.1) is 0 Å². The molecule has 7 heteroatoms. The summed E-state index contributed by atoms with van der Waals surface area (Å²) in [5.74, 6) is 5.84. The zero-order chi connectivity index (χ0) is 14.1. The van der Waals surface area contributed by atoms with Crippen LogP contribution in [0.4, 0.5) is 13.2 Å². The fraction of sp³-hybridized carbons (Fsp3) is 0.917. The summed E-state index contributed by atoms with van der Waals surface area (Å²) in [5.41, 5.74) is 2.47. The van der Waals surface area contributed by atoms with Crippen LogP contribution in [-0.4, -0.2) is 24.7 Å². The summed E-state index contributed by atoms with van der Waals surface area (Å²) in [6, 6.07) is 0.374. The maximum absolute atomic E-state index is 11.9. The van der Waals surface area contributed by atoms with Gasteiger partial charge in [0.1, 0.15) is 0 Å². The van der Waals surface area contributed by atoms with Crippen molar-refractivity contribution < 1.29 is 13.2 Å². The first-order chi connectivity index (χ1) is 9.01. The molecule has 19 heavy (non-hydrogen) atoms. The van der Waals surface area contributed by atoms with E-state index in [0.29, 0.717) is 25.0 Å². The Morgan fingerprint density at radius 1 is 1.16 bits per heavy atom. The summed E-state index contributed by atoms with van der Waals surface area (Å²) >= 11 is 0. The number of halogens is 3. The van der Waals surface area contributed by atoms with E-state index in [2.05, 4.69) is 15.7 Å². The second kappa shape index (κ2) is 8.24. The minimum Gasteiger partial charge on any atom is -0.353 e. The topological polar surface area (TPSA) is 62.4 Å².